The van der Waals surface area contributed by atoms with E-state index < -0.39 is 24.3 Å². The van der Waals surface area contributed by atoms with Crippen LogP contribution in [0, 0.1) is 11.3 Å². The molecule has 1 atom stereocenters. The number of aliphatic carboxylic acids is 2. The van der Waals surface area contributed by atoms with Crippen molar-refractivity contribution in [2.75, 3.05) is 60.2 Å². The number of hydrogen-bond donors (Lipinski definition) is 2. The minimum atomic E-state index is -5.08. The monoisotopic (exact) mass is 566 g/mol. The van der Waals surface area contributed by atoms with Gasteiger partial charge in [-0.15, -0.1) is 11.3 Å². The second kappa shape index (κ2) is 14.9. The molecule has 8 nitrogen and oxygen atoms in total. The Morgan fingerprint density at radius 1 is 1.03 bits per heavy atom. The van der Waals surface area contributed by atoms with Gasteiger partial charge in [0.2, 0.25) is 0 Å². The molecule has 0 aromatic carbocycles. The molecule has 1 aromatic heterocycles. The normalized spacial score (nSPS) is 20.1. The van der Waals surface area contributed by atoms with Crippen LogP contribution in [0.2, 0.25) is 0 Å². The van der Waals surface area contributed by atoms with Crippen LogP contribution in [0.1, 0.15) is 17.7 Å². The number of ether oxygens (including phenoxy) is 2. The first-order chi connectivity index (χ1) is 17.1. The molecule has 15 heteroatoms. The maximum absolute atomic E-state index is 10.6. The van der Waals surface area contributed by atoms with Crippen LogP contribution in [0.15, 0.2) is 17.5 Å². The van der Waals surface area contributed by atoms with Crippen LogP contribution in [0.25, 0.3) is 0 Å². The van der Waals surface area contributed by atoms with Crippen molar-refractivity contribution in [3.8, 4) is 0 Å². The highest BCUT2D eigenvalue weighted by molar-refractivity contribution is 7.09. The number of carboxylic acids is 2. The van der Waals surface area contributed by atoms with E-state index in [9.17, 15) is 26.3 Å². The fraction of sp³-hybridized carbons (Fsp3) is 0.727. The van der Waals surface area contributed by atoms with E-state index in [1.54, 1.807) is 7.11 Å². The average molecular weight is 567 g/mol. The summed E-state index contributed by atoms with van der Waals surface area (Å²) in [5, 5.41) is 16.4. The van der Waals surface area contributed by atoms with E-state index in [1.165, 1.54) is 43.9 Å². The molecule has 2 N–H and O–H groups in total. The molecule has 3 rings (SSSR count). The third-order valence-electron chi connectivity index (χ3n) is 6.16. The average Bonchev–Trinajstić information content (AvgIpc) is 3.42. The number of piperidine rings is 1. The van der Waals surface area contributed by atoms with Gasteiger partial charge in [0.25, 0.3) is 0 Å². The molecule has 214 valence electrons. The zero-order valence-electron chi connectivity index (χ0n) is 20.5. The molecule has 1 spiro atoms. The Balaban J connectivity index is 0.000000404. The number of alkyl halides is 6. The highest BCUT2D eigenvalue weighted by Gasteiger charge is 2.47. The highest BCUT2D eigenvalue weighted by Crippen LogP contribution is 2.45. The van der Waals surface area contributed by atoms with Gasteiger partial charge in [-0.3, -0.25) is 4.90 Å². The third-order valence-corrected chi connectivity index (χ3v) is 7.02. The number of hydrogen-bond acceptors (Lipinski definition) is 7. The van der Waals surface area contributed by atoms with E-state index in [0.717, 1.165) is 26.3 Å². The number of halogens is 6. The topological polar surface area (TPSA) is 99.5 Å². The van der Waals surface area contributed by atoms with Gasteiger partial charge in [-0.1, -0.05) is 6.07 Å². The molecule has 2 saturated heterocycles. The largest absolute Gasteiger partial charge is 0.490 e. The van der Waals surface area contributed by atoms with Crippen molar-refractivity contribution < 1.29 is 55.6 Å². The first-order valence-corrected chi connectivity index (χ1v) is 12.1. The molecule has 37 heavy (non-hydrogen) atoms. The van der Waals surface area contributed by atoms with E-state index in [-0.39, 0.29) is 0 Å². The Labute approximate surface area is 214 Å². The van der Waals surface area contributed by atoms with Crippen molar-refractivity contribution in [2.45, 2.75) is 31.7 Å². The summed E-state index contributed by atoms with van der Waals surface area (Å²) in [6.45, 7) is 8.73. The SMILES string of the molecule is COCCN1CC(COC)C2(CCN(Cc3cccs3)CC2)C1.O=C(O)C(F)(F)F.O=C(O)C(F)(F)F. The zero-order chi connectivity index (χ0) is 28.3. The minimum Gasteiger partial charge on any atom is -0.475 e. The Morgan fingerprint density at radius 2 is 1.57 bits per heavy atom. The summed E-state index contributed by atoms with van der Waals surface area (Å²) in [5.41, 5.74) is 0.454. The number of thiophene rings is 1. The number of nitrogens with zero attached hydrogens (tertiary/aromatic N) is 2. The third kappa shape index (κ3) is 11.5. The van der Waals surface area contributed by atoms with Gasteiger partial charge >= 0.3 is 24.3 Å². The first kappa shape index (κ1) is 33.1. The summed E-state index contributed by atoms with van der Waals surface area (Å²) in [5.74, 6) is -4.84. The lowest BCUT2D eigenvalue weighted by Crippen LogP contribution is -2.44. The van der Waals surface area contributed by atoms with Crippen molar-refractivity contribution >= 4 is 23.3 Å². The maximum Gasteiger partial charge on any atom is 0.490 e. The number of methoxy groups -OCH3 is 2. The Kier molecular flexibility index (Phi) is 13.3. The maximum atomic E-state index is 10.6. The van der Waals surface area contributed by atoms with Gasteiger partial charge in [0.1, 0.15) is 0 Å². The number of likely N-dealkylation sites (tertiary alicyclic amines) is 2. The number of rotatable bonds is 7. The predicted octanol–water partition coefficient (Wildman–Crippen LogP) is 3.82. The van der Waals surface area contributed by atoms with Gasteiger partial charge < -0.3 is 24.6 Å². The minimum absolute atomic E-state index is 0.454. The molecule has 2 fully saturated rings. The first-order valence-electron chi connectivity index (χ1n) is 11.2. The molecular formula is C22H32F6N2O6S. The van der Waals surface area contributed by atoms with Crippen LogP contribution in [0.5, 0.6) is 0 Å². The van der Waals surface area contributed by atoms with Gasteiger partial charge in [0.15, 0.2) is 0 Å². The quantitative estimate of drug-likeness (QED) is 0.481. The molecule has 0 radical (unpaired) electrons. The van der Waals surface area contributed by atoms with Gasteiger partial charge in [-0.2, -0.15) is 26.3 Å². The summed E-state index contributed by atoms with van der Waals surface area (Å²) in [7, 11) is 3.64. The molecule has 1 unspecified atom stereocenters. The molecule has 0 bridgehead atoms. The summed E-state index contributed by atoms with van der Waals surface area (Å²) < 4.78 is 74.3. The van der Waals surface area contributed by atoms with Gasteiger partial charge in [-0.05, 0) is 42.8 Å². The molecule has 2 aliphatic heterocycles. The number of carboxylic acid groups (broad SMARTS) is 2. The molecule has 1 aromatic rings. The van der Waals surface area contributed by atoms with E-state index in [0.29, 0.717) is 11.3 Å². The Hall–Kier alpha value is -1.94. The molecule has 0 aliphatic carbocycles. The van der Waals surface area contributed by atoms with Crippen molar-refractivity contribution in [1.82, 2.24) is 9.80 Å². The van der Waals surface area contributed by atoms with Crippen LogP contribution in [0.3, 0.4) is 0 Å². The summed E-state index contributed by atoms with van der Waals surface area (Å²) in [4.78, 5) is 24.5. The predicted molar refractivity (Wildman–Crippen MR) is 122 cm³/mol. The van der Waals surface area contributed by atoms with Crippen molar-refractivity contribution in [3.63, 3.8) is 0 Å². The summed E-state index contributed by atoms with van der Waals surface area (Å²) in [6.07, 6.45) is -7.56. The standard InChI is InChI=1S/C18H30N2O2S.2C2HF3O2/c1-21-10-9-20-12-16(14-22-2)18(15-20)5-7-19(8-6-18)13-17-4-3-11-23-17;2*3-2(4,5)1(6)7/h3-4,11,16H,5-10,12-15H2,1-2H3;2*(H,6,7). The molecule has 2 aliphatic rings. The molecular weight excluding hydrogens is 534 g/mol. The lowest BCUT2D eigenvalue weighted by molar-refractivity contribution is -0.193. The molecule has 3 heterocycles. The fourth-order valence-corrected chi connectivity index (χ4v) is 5.06. The van der Waals surface area contributed by atoms with Crippen molar-refractivity contribution in [2.24, 2.45) is 11.3 Å². The lowest BCUT2D eigenvalue weighted by Gasteiger charge is -2.42. The number of carbonyl (C=O) groups is 2. The van der Waals surface area contributed by atoms with E-state index >= 15 is 0 Å². The van der Waals surface area contributed by atoms with Crippen LogP contribution in [-0.4, -0.2) is 104 Å². The second-order valence-electron chi connectivity index (χ2n) is 8.70. The van der Waals surface area contributed by atoms with Crippen LogP contribution in [-0.2, 0) is 25.6 Å². The Bertz CT molecular complexity index is 790. The lowest BCUT2D eigenvalue weighted by atomic mass is 9.71. The van der Waals surface area contributed by atoms with E-state index in [4.69, 9.17) is 29.3 Å². The Morgan fingerprint density at radius 3 is 1.97 bits per heavy atom. The van der Waals surface area contributed by atoms with Crippen molar-refractivity contribution in [1.29, 1.82) is 0 Å². The smallest absolute Gasteiger partial charge is 0.475 e. The summed E-state index contributed by atoms with van der Waals surface area (Å²) >= 11 is 1.87. The second-order valence-corrected chi connectivity index (χ2v) is 9.74. The molecule has 0 saturated carbocycles. The highest BCUT2D eigenvalue weighted by atomic mass is 32.1. The summed E-state index contributed by atoms with van der Waals surface area (Å²) in [6, 6.07) is 4.41. The fourth-order valence-electron chi connectivity index (χ4n) is 4.31. The van der Waals surface area contributed by atoms with Crippen molar-refractivity contribution in [3.05, 3.63) is 22.4 Å². The molecule has 0 amide bonds. The van der Waals surface area contributed by atoms with Gasteiger partial charge in [0.05, 0.1) is 13.2 Å². The van der Waals surface area contributed by atoms with E-state index in [1.807, 2.05) is 18.4 Å². The van der Waals surface area contributed by atoms with E-state index in [2.05, 4.69) is 27.3 Å². The van der Waals surface area contributed by atoms with Gasteiger partial charge in [0, 0.05) is 51.2 Å². The van der Waals surface area contributed by atoms with Crippen LogP contribution < -0.4 is 0 Å². The van der Waals surface area contributed by atoms with Gasteiger partial charge in [-0.25, -0.2) is 9.59 Å². The zero-order valence-corrected chi connectivity index (χ0v) is 21.3. The van der Waals surface area contributed by atoms with Crippen LogP contribution in [0.4, 0.5) is 26.3 Å². The van der Waals surface area contributed by atoms with Crippen LogP contribution >= 0.6 is 11.3 Å².